The standard InChI is InChI=1S/C25H30ClN3O2/c1-17(27-16-23(30)18-7-5-8-20(26)14-18)13-19-15-28-24-21(19)9-6-10-22(24)25(31)29-11-3-2-4-12-29/h5-10,14-15,17,23,27-28,30H,2-4,11-13,16H2,1H3/t17-,23+/m1/s1. The largest absolute Gasteiger partial charge is 0.387 e. The molecular formula is C25H30ClN3O2. The highest BCUT2D eigenvalue weighted by Crippen LogP contribution is 2.25. The highest BCUT2D eigenvalue weighted by atomic mass is 35.5. The number of piperidine rings is 1. The van der Waals surface area contributed by atoms with Crippen LogP contribution in [0.25, 0.3) is 10.9 Å². The van der Waals surface area contributed by atoms with Gasteiger partial charge in [0.05, 0.1) is 17.2 Å². The Kier molecular flexibility index (Phi) is 6.96. The summed E-state index contributed by atoms with van der Waals surface area (Å²) in [5, 5.41) is 15.6. The smallest absolute Gasteiger partial charge is 0.255 e. The average Bonchev–Trinajstić information content (AvgIpc) is 3.20. The number of nitrogens with zero attached hydrogens (tertiary/aromatic N) is 1. The van der Waals surface area contributed by atoms with E-state index in [1.54, 1.807) is 12.1 Å². The summed E-state index contributed by atoms with van der Waals surface area (Å²) in [6.45, 7) is 4.24. The predicted molar refractivity (Wildman–Crippen MR) is 126 cm³/mol. The molecule has 0 unspecified atom stereocenters. The van der Waals surface area contributed by atoms with E-state index in [2.05, 4.69) is 23.3 Å². The first kappa shape index (κ1) is 21.9. The molecule has 31 heavy (non-hydrogen) atoms. The molecule has 2 heterocycles. The van der Waals surface area contributed by atoms with Gasteiger partial charge in [0.15, 0.2) is 0 Å². The van der Waals surface area contributed by atoms with Gasteiger partial charge in [0.2, 0.25) is 0 Å². The molecule has 0 saturated carbocycles. The average molecular weight is 440 g/mol. The number of likely N-dealkylation sites (tertiary alicyclic amines) is 1. The van der Waals surface area contributed by atoms with Crippen LogP contribution >= 0.6 is 11.6 Å². The van der Waals surface area contributed by atoms with Crippen molar-refractivity contribution in [2.45, 2.75) is 44.8 Å². The number of carbonyl (C=O) groups is 1. The maximum Gasteiger partial charge on any atom is 0.255 e. The second-order valence-corrected chi connectivity index (χ2v) is 8.92. The zero-order valence-corrected chi connectivity index (χ0v) is 18.7. The SMILES string of the molecule is C[C@H](Cc1c[nH]c2c(C(=O)N3CCCCC3)cccc12)NC[C@H](O)c1cccc(Cl)c1. The maximum atomic E-state index is 13.0. The molecule has 0 aliphatic carbocycles. The van der Waals surface area contributed by atoms with Gasteiger partial charge < -0.3 is 20.3 Å². The van der Waals surface area contributed by atoms with Crippen LogP contribution in [0, 0.1) is 0 Å². The van der Waals surface area contributed by atoms with Crippen LogP contribution in [0.2, 0.25) is 5.02 Å². The fourth-order valence-corrected chi connectivity index (χ4v) is 4.57. The number of carbonyl (C=O) groups excluding carboxylic acids is 1. The van der Waals surface area contributed by atoms with Gasteiger partial charge in [0.1, 0.15) is 0 Å². The summed E-state index contributed by atoms with van der Waals surface area (Å²) < 4.78 is 0. The van der Waals surface area contributed by atoms with Gasteiger partial charge in [-0.05, 0) is 61.9 Å². The molecule has 1 aliphatic rings. The zero-order valence-electron chi connectivity index (χ0n) is 17.9. The number of aliphatic hydroxyl groups is 1. The highest BCUT2D eigenvalue weighted by molar-refractivity contribution is 6.30. The van der Waals surface area contributed by atoms with Crippen molar-refractivity contribution in [3.63, 3.8) is 0 Å². The summed E-state index contributed by atoms with van der Waals surface area (Å²) >= 11 is 6.02. The zero-order chi connectivity index (χ0) is 21.8. The lowest BCUT2D eigenvalue weighted by Crippen LogP contribution is -2.35. The monoisotopic (exact) mass is 439 g/mol. The summed E-state index contributed by atoms with van der Waals surface area (Å²) in [5.41, 5.74) is 3.64. The number of hydrogen-bond acceptors (Lipinski definition) is 3. The molecule has 164 valence electrons. The van der Waals surface area contributed by atoms with Crippen LogP contribution in [0.4, 0.5) is 0 Å². The number of aromatic amines is 1. The van der Waals surface area contributed by atoms with Gasteiger partial charge in [-0.1, -0.05) is 35.9 Å². The summed E-state index contributed by atoms with van der Waals surface area (Å²) in [6.07, 6.45) is 5.56. The molecule has 5 nitrogen and oxygen atoms in total. The van der Waals surface area contributed by atoms with Crippen LogP contribution in [0.1, 0.15) is 53.8 Å². The van der Waals surface area contributed by atoms with E-state index in [1.165, 1.54) is 12.0 Å². The first-order valence-electron chi connectivity index (χ1n) is 11.1. The molecule has 3 N–H and O–H groups in total. The third-order valence-corrected chi connectivity index (χ3v) is 6.33. The summed E-state index contributed by atoms with van der Waals surface area (Å²) in [6, 6.07) is 13.4. The summed E-state index contributed by atoms with van der Waals surface area (Å²) in [7, 11) is 0. The van der Waals surface area contributed by atoms with Crippen LogP contribution in [-0.2, 0) is 6.42 Å². The van der Waals surface area contributed by atoms with Crippen LogP contribution in [0.5, 0.6) is 0 Å². The number of para-hydroxylation sites is 1. The van der Waals surface area contributed by atoms with Crippen LogP contribution in [-0.4, -0.2) is 46.6 Å². The minimum absolute atomic E-state index is 0.120. The van der Waals surface area contributed by atoms with Gasteiger partial charge >= 0.3 is 0 Å². The van der Waals surface area contributed by atoms with E-state index in [4.69, 9.17) is 11.6 Å². The lowest BCUT2D eigenvalue weighted by molar-refractivity contribution is 0.0726. The molecule has 6 heteroatoms. The Labute approximate surface area is 188 Å². The Morgan fingerprint density at radius 3 is 2.74 bits per heavy atom. The Balaban J connectivity index is 1.42. The number of aromatic nitrogens is 1. The number of halogens is 1. The maximum absolute atomic E-state index is 13.0. The van der Waals surface area contributed by atoms with Crippen LogP contribution < -0.4 is 5.32 Å². The quantitative estimate of drug-likeness (QED) is 0.499. The second kappa shape index (κ2) is 9.86. The fraction of sp³-hybridized carbons (Fsp3) is 0.400. The third-order valence-electron chi connectivity index (χ3n) is 6.09. The number of nitrogens with one attached hydrogen (secondary N) is 2. The number of amides is 1. The van der Waals surface area contributed by atoms with Crippen molar-refractivity contribution in [2.24, 2.45) is 0 Å². The van der Waals surface area contributed by atoms with Crippen molar-refractivity contribution >= 4 is 28.4 Å². The van der Waals surface area contributed by atoms with Crippen molar-refractivity contribution in [3.05, 3.63) is 70.4 Å². The summed E-state index contributed by atoms with van der Waals surface area (Å²) in [4.78, 5) is 18.3. The normalized spacial score (nSPS) is 16.4. The first-order chi connectivity index (χ1) is 15.0. The second-order valence-electron chi connectivity index (χ2n) is 8.48. The molecule has 0 radical (unpaired) electrons. The minimum Gasteiger partial charge on any atom is -0.387 e. The van der Waals surface area contributed by atoms with Crippen molar-refractivity contribution in [1.29, 1.82) is 0 Å². The van der Waals surface area contributed by atoms with Crippen molar-refractivity contribution in [1.82, 2.24) is 15.2 Å². The van der Waals surface area contributed by atoms with E-state index in [9.17, 15) is 9.90 Å². The van der Waals surface area contributed by atoms with Gasteiger partial charge in [-0.15, -0.1) is 0 Å². The van der Waals surface area contributed by atoms with Crippen LogP contribution in [0.15, 0.2) is 48.7 Å². The Bertz CT molecular complexity index is 1040. The number of fused-ring (bicyclic) bond motifs is 1. The topological polar surface area (TPSA) is 68.4 Å². The van der Waals surface area contributed by atoms with E-state index >= 15 is 0 Å². The van der Waals surface area contributed by atoms with Gasteiger partial charge in [-0.25, -0.2) is 0 Å². The number of hydrogen-bond donors (Lipinski definition) is 3. The molecule has 1 aromatic heterocycles. The summed E-state index contributed by atoms with van der Waals surface area (Å²) in [5.74, 6) is 0.120. The molecule has 4 rings (SSSR count). The number of benzene rings is 2. The first-order valence-corrected chi connectivity index (χ1v) is 11.5. The van der Waals surface area contributed by atoms with E-state index in [-0.39, 0.29) is 11.9 Å². The van der Waals surface area contributed by atoms with E-state index < -0.39 is 6.10 Å². The molecule has 1 saturated heterocycles. The van der Waals surface area contributed by atoms with Crippen molar-refractivity contribution < 1.29 is 9.90 Å². The Hall–Kier alpha value is -2.34. The molecule has 1 aliphatic heterocycles. The lowest BCUT2D eigenvalue weighted by atomic mass is 10.0. The van der Waals surface area contributed by atoms with Crippen LogP contribution in [0.3, 0.4) is 0 Å². The number of rotatable bonds is 7. The highest BCUT2D eigenvalue weighted by Gasteiger charge is 2.21. The minimum atomic E-state index is -0.613. The lowest BCUT2D eigenvalue weighted by Gasteiger charge is -2.26. The molecule has 2 aromatic carbocycles. The molecule has 1 amide bonds. The molecule has 2 atom stereocenters. The molecule has 3 aromatic rings. The van der Waals surface area contributed by atoms with Gasteiger partial charge in [-0.3, -0.25) is 4.79 Å². The van der Waals surface area contributed by atoms with Crippen molar-refractivity contribution in [3.8, 4) is 0 Å². The van der Waals surface area contributed by atoms with Gasteiger partial charge in [0, 0.05) is 42.3 Å². The molecule has 1 fully saturated rings. The third kappa shape index (κ3) is 5.12. The molecule has 0 spiro atoms. The Morgan fingerprint density at radius 2 is 1.97 bits per heavy atom. The number of aliphatic hydroxyl groups excluding tert-OH is 1. The van der Waals surface area contributed by atoms with Crippen molar-refractivity contribution in [2.75, 3.05) is 19.6 Å². The van der Waals surface area contributed by atoms with Gasteiger partial charge in [-0.2, -0.15) is 0 Å². The van der Waals surface area contributed by atoms with E-state index in [0.717, 1.165) is 54.4 Å². The van der Waals surface area contributed by atoms with Gasteiger partial charge in [0.25, 0.3) is 5.91 Å². The van der Waals surface area contributed by atoms with E-state index in [1.807, 2.05) is 35.4 Å². The predicted octanol–water partition coefficient (Wildman–Crippen LogP) is 4.70. The Morgan fingerprint density at radius 1 is 1.19 bits per heavy atom. The fourth-order valence-electron chi connectivity index (χ4n) is 4.37. The number of H-pyrrole nitrogens is 1. The molecular weight excluding hydrogens is 410 g/mol. The van der Waals surface area contributed by atoms with E-state index in [0.29, 0.717) is 11.6 Å². The molecule has 0 bridgehead atoms.